The number of carbonyl (C=O) groups is 1. The molecule has 1 aromatic rings. The van der Waals surface area contributed by atoms with Gasteiger partial charge in [0.2, 0.25) is 5.91 Å². The van der Waals surface area contributed by atoms with Crippen molar-refractivity contribution >= 4 is 5.91 Å². The fraction of sp³-hybridized carbons (Fsp3) is 0.588. The number of hydrogen-bond acceptors (Lipinski definition) is 3. The second kappa shape index (κ2) is 6.16. The van der Waals surface area contributed by atoms with E-state index in [1.165, 1.54) is 5.56 Å². The summed E-state index contributed by atoms with van der Waals surface area (Å²) in [6.07, 6.45) is 2.51. The molecule has 1 unspecified atom stereocenters. The topological polar surface area (TPSA) is 41.6 Å². The number of nitrogens with zero attached hydrogens (tertiary/aromatic N) is 1. The van der Waals surface area contributed by atoms with Crippen molar-refractivity contribution in [1.29, 1.82) is 0 Å². The normalized spacial score (nSPS) is 25.0. The Balaban J connectivity index is 1.85. The van der Waals surface area contributed by atoms with E-state index in [2.05, 4.69) is 17.4 Å². The van der Waals surface area contributed by atoms with Gasteiger partial charge in [0.1, 0.15) is 6.10 Å². The van der Waals surface area contributed by atoms with Gasteiger partial charge < -0.3 is 15.0 Å². The Kier molecular flexibility index (Phi) is 4.27. The largest absolute Gasteiger partial charge is 0.363 e. The first-order valence-corrected chi connectivity index (χ1v) is 7.94. The molecule has 2 aliphatic heterocycles. The highest BCUT2D eigenvalue weighted by molar-refractivity contribution is 5.76. The summed E-state index contributed by atoms with van der Waals surface area (Å²) in [5.41, 5.74) is 0.999. The average Bonchev–Trinajstić information content (AvgIpc) is 2.55. The van der Waals surface area contributed by atoms with Crippen LogP contribution in [0.3, 0.4) is 0 Å². The molecule has 2 fully saturated rings. The van der Waals surface area contributed by atoms with Gasteiger partial charge in [0.25, 0.3) is 0 Å². The van der Waals surface area contributed by atoms with Crippen LogP contribution in [0.25, 0.3) is 0 Å². The van der Waals surface area contributed by atoms with Gasteiger partial charge in [-0.3, -0.25) is 4.79 Å². The maximum atomic E-state index is 12.2. The van der Waals surface area contributed by atoms with Crippen molar-refractivity contribution in [3.05, 3.63) is 35.9 Å². The predicted octanol–water partition coefficient (Wildman–Crippen LogP) is 2.12. The molecule has 1 amide bonds. The summed E-state index contributed by atoms with van der Waals surface area (Å²) in [4.78, 5) is 14.2. The summed E-state index contributed by atoms with van der Waals surface area (Å²) in [5, 5.41) is 3.39. The molecule has 3 rings (SSSR count). The molecule has 2 aliphatic rings. The summed E-state index contributed by atoms with van der Waals surface area (Å²) in [5.74, 6) is 0.233. The molecule has 4 nitrogen and oxygen atoms in total. The van der Waals surface area contributed by atoms with Gasteiger partial charge in [-0.1, -0.05) is 37.3 Å². The molecule has 0 aliphatic carbocycles. The van der Waals surface area contributed by atoms with Crippen molar-refractivity contribution in [2.75, 3.05) is 26.2 Å². The van der Waals surface area contributed by atoms with Crippen molar-refractivity contribution in [3.8, 4) is 0 Å². The Bertz CT molecular complexity index is 483. The Morgan fingerprint density at radius 2 is 2.05 bits per heavy atom. The molecule has 21 heavy (non-hydrogen) atoms. The maximum absolute atomic E-state index is 12.2. The lowest BCUT2D eigenvalue weighted by atomic mass is 9.88. The van der Waals surface area contributed by atoms with Crippen molar-refractivity contribution in [2.45, 2.75) is 37.9 Å². The van der Waals surface area contributed by atoms with Crippen LogP contribution < -0.4 is 5.32 Å². The first-order valence-electron chi connectivity index (χ1n) is 7.94. The Labute approximate surface area is 126 Å². The number of rotatable bonds is 2. The lowest BCUT2D eigenvalue weighted by Gasteiger charge is -2.48. The summed E-state index contributed by atoms with van der Waals surface area (Å²) >= 11 is 0. The SMILES string of the molecule is CCC(=O)N1CC(c2ccccc2)OC2(CCNCC2)C1. The highest BCUT2D eigenvalue weighted by Crippen LogP contribution is 2.36. The highest BCUT2D eigenvalue weighted by Gasteiger charge is 2.43. The zero-order valence-electron chi connectivity index (χ0n) is 12.7. The second-order valence-electron chi connectivity index (χ2n) is 6.08. The van der Waals surface area contributed by atoms with Crippen molar-refractivity contribution in [3.63, 3.8) is 0 Å². The standard InChI is InChI=1S/C17H24N2O2/c1-2-16(20)19-12-15(14-6-4-3-5-7-14)21-17(13-19)8-10-18-11-9-17/h3-7,15,18H,2,8-13H2,1H3. The molecule has 1 aromatic carbocycles. The van der Waals surface area contributed by atoms with Gasteiger partial charge in [0.15, 0.2) is 0 Å². The Morgan fingerprint density at radius 1 is 1.33 bits per heavy atom. The number of ether oxygens (including phenoxy) is 1. The first kappa shape index (κ1) is 14.5. The van der Waals surface area contributed by atoms with Gasteiger partial charge >= 0.3 is 0 Å². The second-order valence-corrected chi connectivity index (χ2v) is 6.08. The van der Waals surface area contributed by atoms with E-state index in [0.29, 0.717) is 13.0 Å². The molecular formula is C17H24N2O2. The van der Waals surface area contributed by atoms with Crippen LogP contribution in [0.15, 0.2) is 30.3 Å². The summed E-state index contributed by atoms with van der Waals surface area (Å²) < 4.78 is 6.49. The molecule has 2 heterocycles. The van der Waals surface area contributed by atoms with E-state index >= 15 is 0 Å². The maximum Gasteiger partial charge on any atom is 0.222 e. The average molecular weight is 288 g/mol. The molecule has 0 aromatic heterocycles. The zero-order chi connectivity index (χ0) is 14.7. The zero-order valence-corrected chi connectivity index (χ0v) is 12.7. The molecule has 0 radical (unpaired) electrons. The number of amides is 1. The monoisotopic (exact) mass is 288 g/mol. The lowest BCUT2D eigenvalue weighted by Crippen LogP contribution is -2.58. The first-order chi connectivity index (χ1) is 10.2. The van der Waals surface area contributed by atoms with Crippen molar-refractivity contribution in [2.24, 2.45) is 0 Å². The number of benzene rings is 1. The summed E-state index contributed by atoms with van der Waals surface area (Å²) in [7, 11) is 0. The van der Waals surface area contributed by atoms with Crippen molar-refractivity contribution < 1.29 is 9.53 Å². The Hall–Kier alpha value is -1.39. The van der Waals surface area contributed by atoms with E-state index in [0.717, 1.165) is 32.5 Å². The van der Waals surface area contributed by atoms with Crippen LogP contribution in [0, 0.1) is 0 Å². The number of morpholine rings is 1. The quantitative estimate of drug-likeness (QED) is 0.906. The minimum Gasteiger partial charge on any atom is -0.363 e. The van der Waals surface area contributed by atoms with Crippen LogP contribution in [0.2, 0.25) is 0 Å². The van der Waals surface area contributed by atoms with Gasteiger partial charge in [0.05, 0.1) is 12.1 Å². The third kappa shape index (κ3) is 3.11. The van der Waals surface area contributed by atoms with E-state index in [-0.39, 0.29) is 17.6 Å². The van der Waals surface area contributed by atoms with Gasteiger partial charge in [-0.15, -0.1) is 0 Å². The van der Waals surface area contributed by atoms with Crippen molar-refractivity contribution in [1.82, 2.24) is 10.2 Å². The smallest absolute Gasteiger partial charge is 0.222 e. The molecular weight excluding hydrogens is 264 g/mol. The van der Waals surface area contributed by atoms with E-state index in [9.17, 15) is 4.79 Å². The molecule has 2 saturated heterocycles. The highest BCUT2D eigenvalue weighted by atomic mass is 16.5. The third-order valence-electron chi connectivity index (χ3n) is 4.60. The predicted molar refractivity (Wildman–Crippen MR) is 82.0 cm³/mol. The molecule has 1 spiro atoms. The number of nitrogens with one attached hydrogen (secondary N) is 1. The molecule has 4 heteroatoms. The van der Waals surface area contributed by atoms with Gasteiger partial charge in [-0.25, -0.2) is 0 Å². The van der Waals surface area contributed by atoms with Crippen LogP contribution in [0.4, 0.5) is 0 Å². The van der Waals surface area contributed by atoms with Crippen LogP contribution >= 0.6 is 0 Å². The number of hydrogen-bond donors (Lipinski definition) is 1. The van der Waals surface area contributed by atoms with Gasteiger partial charge in [-0.05, 0) is 31.5 Å². The minimum atomic E-state index is -0.172. The fourth-order valence-electron chi connectivity index (χ4n) is 3.40. The van der Waals surface area contributed by atoms with Gasteiger partial charge in [0, 0.05) is 13.0 Å². The molecule has 1 N–H and O–H groups in total. The van der Waals surface area contributed by atoms with Crippen LogP contribution in [-0.2, 0) is 9.53 Å². The van der Waals surface area contributed by atoms with E-state index in [1.807, 2.05) is 30.0 Å². The minimum absolute atomic E-state index is 0.00597. The number of carbonyl (C=O) groups excluding carboxylic acids is 1. The molecule has 0 bridgehead atoms. The third-order valence-corrected chi connectivity index (χ3v) is 4.60. The van der Waals surface area contributed by atoms with Crippen LogP contribution in [-0.4, -0.2) is 42.6 Å². The molecule has 1 atom stereocenters. The molecule has 114 valence electrons. The Morgan fingerprint density at radius 3 is 2.71 bits per heavy atom. The van der Waals surface area contributed by atoms with Gasteiger partial charge in [-0.2, -0.15) is 0 Å². The summed E-state index contributed by atoms with van der Waals surface area (Å²) in [6, 6.07) is 10.3. The van der Waals surface area contributed by atoms with E-state index in [1.54, 1.807) is 0 Å². The van der Waals surface area contributed by atoms with Crippen LogP contribution in [0.5, 0.6) is 0 Å². The molecule has 0 saturated carbocycles. The fourth-order valence-corrected chi connectivity index (χ4v) is 3.40. The van der Waals surface area contributed by atoms with Crippen LogP contribution in [0.1, 0.15) is 37.9 Å². The summed E-state index contributed by atoms with van der Waals surface area (Å²) in [6.45, 7) is 5.28. The lowest BCUT2D eigenvalue weighted by molar-refractivity contribution is -0.179. The van der Waals surface area contributed by atoms with E-state index in [4.69, 9.17) is 4.74 Å². The van der Waals surface area contributed by atoms with E-state index < -0.39 is 0 Å². The number of piperidine rings is 1.